The number of hydrogen-bond donors (Lipinski definition) is 1. The lowest BCUT2D eigenvalue weighted by Crippen LogP contribution is -2.46. The third kappa shape index (κ3) is 3.94. The summed E-state index contributed by atoms with van der Waals surface area (Å²) in [5.74, 6) is 1.59. The second-order valence-corrected chi connectivity index (χ2v) is 6.34. The molecule has 1 aliphatic rings. The Morgan fingerprint density at radius 1 is 1.47 bits per heavy atom. The van der Waals surface area contributed by atoms with E-state index in [9.17, 15) is 0 Å². The molecule has 3 nitrogen and oxygen atoms in total. The lowest BCUT2D eigenvalue weighted by molar-refractivity contribution is 0.174. The third-order valence-electron chi connectivity index (χ3n) is 3.89. The minimum Gasteiger partial charge on any atom is -0.496 e. The Bertz CT molecular complexity index is 425. The van der Waals surface area contributed by atoms with Gasteiger partial charge in [0.25, 0.3) is 0 Å². The first-order valence-electron chi connectivity index (χ1n) is 6.84. The lowest BCUT2D eigenvalue weighted by atomic mass is 9.94. The van der Waals surface area contributed by atoms with Crippen molar-refractivity contribution in [1.82, 2.24) is 10.2 Å². The summed E-state index contributed by atoms with van der Waals surface area (Å²) in [6, 6.07) is 6.89. The van der Waals surface area contributed by atoms with Crippen molar-refractivity contribution in [2.45, 2.75) is 25.9 Å². The predicted octanol–water partition coefficient (Wildman–Crippen LogP) is 2.89. The molecule has 1 heterocycles. The quantitative estimate of drug-likeness (QED) is 0.920. The van der Waals surface area contributed by atoms with Crippen LogP contribution in [0.5, 0.6) is 5.75 Å². The largest absolute Gasteiger partial charge is 0.496 e. The molecule has 0 saturated carbocycles. The van der Waals surface area contributed by atoms with Crippen LogP contribution in [-0.2, 0) is 6.54 Å². The van der Waals surface area contributed by atoms with Crippen LogP contribution in [0.1, 0.15) is 18.9 Å². The Hall–Kier alpha value is -0.580. The second kappa shape index (κ2) is 6.73. The summed E-state index contributed by atoms with van der Waals surface area (Å²) in [5, 5.41) is 3.68. The van der Waals surface area contributed by atoms with E-state index in [4.69, 9.17) is 4.74 Å². The van der Waals surface area contributed by atoms with Crippen molar-refractivity contribution < 1.29 is 4.74 Å². The number of piperidine rings is 1. The molecule has 0 bridgehead atoms. The van der Waals surface area contributed by atoms with E-state index in [2.05, 4.69) is 52.3 Å². The van der Waals surface area contributed by atoms with E-state index in [1.54, 1.807) is 7.11 Å². The van der Waals surface area contributed by atoms with Crippen LogP contribution >= 0.6 is 15.9 Å². The monoisotopic (exact) mass is 326 g/mol. The first kappa shape index (κ1) is 14.8. The maximum absolute atomic E-state index is 5.25. The van der Waals surface area contributed by atoms with Crippen LogP contribution in [0.25, 0.3) is 0 Å². The molecule has 2 unspecified atom stereocenters. The molecule has 0 spiro atoms. The van der Waals surface area contributed by atoms with Gasteiger partial charge in [0.1, 0.15) is 5.75 Å². The molecular formula is C15H23BrN2O. The molecule has 19 heavy (non-hydrogen) atoms. The number of methoxy groups -OCH3 is 1. The van der Waals surface area contributed by atoms with Gasteiger partial charge in [-0.15, -0.1) is 0 Å². The van der Waals surface area contributed by atoms with E-state index in [0.717, 1.165) is 16.8 Å². The zero-order chi connectivity index (χ0) is 13.8. The van der Waals surface area contributed by atoms with Gasteiger partial charge in [-0.3, -0.25) is 0 Å². The standard InChI is InChI=1S/C15H23BrN2O/c1-11-10-18(2)7-6-14(11)17-9-12-4-5-15(19-3)13(16)8-12/h4-5,8,11,14,17H,6-7,9-10H2,1-3H3. The fourth-order valence-corrected chi connectivity index (χ4v) is 3.31. The van der Waals surface area contributed by atoms with Gasteiger partial charge < -0.3 is 15.0 Å². The average molecular weight is 327 g/mol. The van der Waals surface area contributed by atoms with Gasteiger partial charge in [-0.1, -0.05) is 13.0 Å². The number of rotatable bonds is 4. The van der Waals surface area contributed by atoms with E-state index >= 15 is 0 Å². The fourth-order valence-electron chi connectivity index (χ4n) is 2.73. The highest BCUT2D eigenvalue weighted by Crippen LogP contribution is 2.25. The molecule has 1 aromatic carbocycles. The molecular weight excluding hydrogens is 304 g/mol. The van der Waals surface area contributed by atoms with Gasteiger partial charge in [0.15, 0.2) is 0 Å². The normalized spacial score (nSPS) is 24.4. The smallest absolute Gasteiger partial charge is 0.133 e. The number of nitrogens with one attached hydrogen (secondary N) is 1. The number of hydrogen-bond acceptors (Lipinski definition) is 3. The topological polar surface area (TPSA) is 24.5 Å². The Kier molecular flexibility index (Phi) is 5.25. The molecule has 0 aromatic heterocycles. The summed E-state index contributed by atoms with van der Waals surface area (Å²) < 4.78 is 6.27. The van der Waals surface area contributed by atoms with Crippen molar-refractivity contribution >= 4 is 15.9 Å². The summed E-state index contributed by atoms with van der Waals surface area (Å²) in [6.07, 6.45) is 1.23. The van der Waals surface area contributed by atoms with Crippen molar-refractivity contribution in [2.24, 2.45) is 5.92 Å². The van der Waals surface area contributed by atoms with E-state index < -0.39 is 0 Å². The van der Waals surface area contributed by atoms with Crippen LogP contribution in [-0.4, -0.2) is 38.2 Å². The summed E-state index contributed by atoms with van der Waals surface area (Å²) in [4.78, 5) is 2.41. The van der Waals surface area contributed by atoms with E-state index in [-0.39, 0.29) is 0 Å². The van der Waals surface area contributed by atoms with Crippen molar-refractivity contribution in [3.05, 3.63) is 28.2 Å². The summed E-state index contributed by atoms with van der Waals surface area (Å²) in [6.45, 7) is 5.62. The number of benzene rings is 1. The second-order valence-electron chi connectivity index (χ2n) is 5.48. The Balaban J connectivity index is 1.90. The van der Waals surface area contributed by atoms with Gasteiger partial charge >= 0.3 is 0 Å². The van der Waals surface area contributed by atoms with Gasteiger partial charge in [0.2, 0.25) is 0 Å². The van der Waals surface area contributed by atoms with Crippen molar-refractivity contribution in [2.75, 3.05) is 27.2 Å². The Morgan fingerprint density at radius 2 is 2.26 bits per heavy atom. The highest BCUT2D eigenvalue weighted by Gasteiger charge is 2.23. The van der Waals surface area contributed by atoms with E-state index in [0.29, 0.717) is 12.0 Å². The highest BCUT2D eigenvalue weighted by molar-refractivity contribution is 9.10. The van der Waals surface area contributed by atoms with Crippen LogP contribution in [0.4, 0.5) is 0 Å². The maximum atomic E-state index is 5.25. The van der Waals surface area contributed by atoms with Crippen molar-refractivity contribution in [1.29, 1.82) is 0 Å². The molecule has 0 radical (unpaired) electrons. The molecule has 1 aliphatic heterocycles. The molecule has 106 valence electrons. The molecule has 1 N–H and O–H groups in total. The molecule has 0 aliphatic carbocycles. The average Bonchev–Trinajstić information content (AvgIpc) is 2.38. The summed E-state index contributed by atoms with van der Waals surface area (Å²) in [5.41, 5.74) is 1.29. The zero-order valence-electron chi connectivity index (χ0n) is 11.9. The van der Waals surface area contributed by atoms with Gasteiger partial charge in [-0.25, -0.2) is 0 Å². The van der Waals surface area contributed by atoms with Crippen LogP contribution < -0.4 is 10.1 Å². The first-order valence-corrected chi connectivity index (χ1v) is 7.64. The van der Waals surface area contributed by atoms with Gasteiger partial charge in [0, 0.05) is 19.1 Å². The van der Waals surface area contributed by atoms with Gasteiger partial charge in [0.05, 0.1) is 11.6 Å². The molecule has 1 saturated heterocycles. The molecule has 1 aromatic rings. The first-order chi connectivity index (χ1) is 9.10. The molecule has 2 rings (SSSR count). The number of likely N-dealkylation sites (tertiary alicyclic amines) is 1. The van der Waals surface area contributed by atoms with E-state index in [1.165, 1.54) is 25.1 Å². The van der Waals surface area contributed by atoms with Crippen LogP contribution in [0.2, 0.25) is 0 Å². The Labute approximate surface area is 124 Å². The fraction of sp³-hybridized carbons (Fsp3) is 0.600. The molecule has 4 heteroatoms. The van der Waals surface area contributed by atoms with Crippen molar-refractivity contribution in [3.8, 4) is 5.75 Å². The van der Waals surface area contributed by atoms with Crippen LogP contribution in [0.3, 0.4) is 0 Å². The minimum atomic E-state index is 0.622. The SMILES string of the molecule is COc1ccc(CNC2CCN(C)CC2C)cc1Br. The highest BCUT2D eigenvalue weighted by atomic mass is 79.9. The minimum absolute atomic E-state index is 0.622. The van der Waals surface area contributed by atoms with Crippen molar-refractivity contribution in [3.63, 3.8) is 0 Å². The molecule has 2 atom stereocenters. The third-order valence-corrected chi connectivity index (χ3v) is 4.51. The Morgan fingerprint density at radius 3 is 2.89 bits per heavy atom. The number of halogens is 1. The maximum Gasteiger partial charge on any atom is 0.133 e. The molecule has 1 fully saturated rings. The molecule has 0 amide bonds. The van der Waals surface area contributed by atoms with Gasteiger partial charge in [-0.2, -0.15) is 0 Å². The van der Waals surface area contributed by atoms with Gasteiger partial charge in [-0.05, 0) is 59.6 Å². The summed E-state index contributed by atoms with van der Waals surface area (Å²) in [7, 11) is 3.89. The number of nitrogens with zero attached hydrogens (tertiary/aromatic N) is 1. The zero-order valence-corrected chi connectivity index (χ0v) is 13.5. The number of ether oxygens (including phenoxy) is 1. The van der Waals surface area contributed by atoms with E-state index in [1.807, 2.05) is 6.07 Å². The lowest BCUT2D eigenvalue weighted by Gasteiger charge is -2.35. The summed E-state index contributed by atoms with van der Waals surface area (Å²) >= 11 is 3.53. The van der Waals surface area contributed by atoms with Crippen LogP contribution in [0.15, 0.2) is 22.7 Å². The van der Waals surface area contributed by atoms with Crippen LogP contribution in [0, 0.1) is 5.92 Å². The predicted molar refractivity (Wildman–Crippen MR) is 82.6 cm³/mol.